The van der Waals surface area contributed by atoms with Crippen LogP contribution < -0.4 is 15.4 Å². The van der Waals surface area contributed by atoms with Crippen molar-refractivity contribution in [3.8, 4) is 11.5 Å². The van der Waals surface area contributed by atoms with Crippen LogP contribution in [-0.4, -0.2) is 13.5 Å². The van der Waals surface area contributed by atoms with E-state index in [2.05, 4.69) is 10.6 Å². The molecular formula is C21H22N2O2. The zero-order valence-corrected chi connectivity index (χ0v) is 14.4. The maximum absolute atomic E-state index is 9.97. The zero-order valence-electron chi connectivity index (χ0n) is 14.4. The maximum atomic E-state index is 9.97. The van der Waals surface area contributed by atoms with E-state index in [0.29, 0.717) is 6.41 Å². The second-order valence-electron chi connectivity index (χ2n) is 5.32. The van der Waals surface area contributed by atoms with Gasteiger partial charge in [0, 0.05) is 18.4 Å². The minimum Gasteiger partial charge on any atom is -0.457 e. The van der Waals surface area contributed by atoms with Crippen molar-refractivity contribution in [3.63, 3.8) is 0 Å². The van der Waals surface area contributed by atoms with Gasteiger partial charge in [-0.2, -0.15) is 0 Å². The highest BCUT2D eigenvalue weighted by atomic mass is 16.5. The Bertz CT molecular complexity index is 771. The van der Waals surface area contributed by atoms with Crippen molar-refractivity contribution < 1.29 is 9.53 Å². The first-order valence-electron chi connectivity index (χ1n) is 7.99. The van der Waals surface area contributed by atoms with Crippen molar-refractivity contribution in [3.05, 3.63) is 84.4 Å². The number of para-hydroxylation sites is 1. The Labute approximate surface area is 148 Å². The van der Waals surface area contributed by atoms with Gasteiger partial charge in [-0.3, -0.25) is 4.79 Å². The second-order valence-corrected chi connectivity index (χ2v) is 5.32. The first-order chi connectivity index (χ1) is 12.2. The molecule has 0 bridgehead atoms. The molecule has 3 aromatic carbocycles. The molecule has 0 unspecified atom stereocenters. The molecule has 4 heteroatoms. The van der Waals surface area contributed by atoms with Crippen LogP contribution in [0, 0.1) is 6.92 Å². The molecule has 0 aromatic heterocycles. The van der Waals surface area contributed by atoms with Gasteiger partial charge in [-0.25, -0.2) is 0 Å². The van der Waals surface area contributed by atoms with Gasteiger partial charge in [0.25, 0.3) is 0 Å². The molecule has 0 heterocycles. The summed E-state index contributed by atoms with van der Waals surface area (Å²) in [5.74, 6) is 1.70. The molecular weight excluding hydrogens is 312 g/mol. The molecule has 3 aromatic rings. The molecule has 3 rings (SSSR count). The minimum atomic E-state index is 0.675. The van der Waals surface area contributed by atoms with Gasteiger partial charge >= 0.3 is 0 Å². The topological polar surface area (TPSA) is 50.4 Å². The van der Waals surface area contributed by atoms with E-state index in [1.54, 1.807) is 0 Å². The van der Waals surface area contributed by atoms with Gasteiger partial charge in [0.15, 0.2) is 0 Å². The summed E-state index contributed by atoms with van der Waals surface area (Å²) < 4.78 is 5.65. The number of ether oxygens (including phenoxy) is 1. The van der Waals surface area contributed by atoms with Crippen molar-refractivity contribution in [2.45, 2.75) is 6.92 Å². The van der Waals surface area contributed by atoms with Crippen LogP contribution in [0.15, 0.2) is 78.9 Å². The molecule has 0 atom stereocenters. The molecule has 128 valence electrons. The van der Waals surface area contributed by atoms with E-state index in [1.165, 1.54) is 0 Å². The number of carbonyl (C=O) groups is 1. The zero-order chi connectivity index (χ0) is 17.9. The van der Waals surface area contributed by atoms with Gasteiger partial charge in [0.1, 0.15) is 11.5 Å². The Morgan fingerprint density at radius 2 is 1.48 bits per heavy atom. The Morgan fingerprint density at radius 3 is 2.08 bits per heavy atom. The Kier molecular flexibility index (Phi) is 7.07. The van der Waals surface area contributed by atoms with E-state index in [-0.39, 0.29) is 0 Å². The third-order valence-electron chi connectivity index (χ3n) is 3.37. The highest BCUT2D eigenvalue weighted by Crippen LogP contribution is 2.22. The maximum Gasteiger partial charge on any atom is 0.211 e. The van der Waals surface area contributed by atoms with Gasteiger partial charge < -0.3 is 15.4 Å². The fourth-order valence-electron chi connectivity index (χ4n) is 2.12. The molecule has 1 amide bonds. The molecule has 0 spiro atoms. The summed E-state index contributed by atoms with van der Waals surface area (Å²) >= 11 is 0. The Balaban J connectivity index is 0.000000196. The summed E-state index contributed by atoms with van der Waals surface area (Å²) in [5.41, 5.74) is 3.07. The summed E-state index contributed by atoms with van der Waals surface area (Å²) in [6.45, 7) is 1.98. The van der Waals surface area contributed by atoms with E-state index in [0.717, 1.165) is 28.4 Å². The normalized spacial score (nSPS) is 9.36. The van der Waals surface area contributed by atoms with Crippen LogP contribution in [0.2, 0.25) is 0 Å². The number of aryl methyl sites for hydroxylation is 1. The van der Waals surface area contributed by atoms with Gasteiger partial charge in [0.2, 0.25) is 6.41 Å². The molecule has 2 N–H and O–H groups in total. The van der Waals surface area contributed by atoms with Crippen LogP contribution in [0.25, 0.3) is 0 Å². The molecule has 0 aliphatic rings. The minimum absolute atomic E-state index is 0.675. The largest absolute Gasteiger partial charge is 0.457 e. The van der Waals surface area contributed by atoms with Crippen LogP contribution in [0.1, 0.15) is 5.56 Å². The summed E-state index contributed by atoms with van der Waals surface area (Å²) in [5, 5.41) is 5.63. The van der Waals surface area contributed by atoms with E-state index in [4.69, 9.17) is 4.74 Å². The van der Waals surface area contributed by atoms with Crippen molar-refractivity contribution in [1.82, 2.24) is 0 Å². The van der Waals surface area contributed by atoms with Gasteiger partial charge in [-0.05, 0) is 61.0 Å². The standard InChI is InChI=1S/C13H13NO.C8H9NO/c1-14-11-7-9-13(10-8-11)15-12-5-3-2-4-6-12;1-7-3-2-4-8(5-7)9-6-10/h2-10,14H,1H3;2-6H,1H3,(H,9,10). The quantitative estimate of drug-likeness (QED) is 0.639. The average Bonchev–Trinajstić information content (AvgIpc) is 2.64. The van der Waals surface area contributed by atoms with Crippen LogP contribution in [-0.2, 0) is 4.79 Å². The van der Waals surface area contributed by atoms with Crippen molar-refractivity contribution >= 4 is 17.8 Å². The van der Waals surface area contributed by atoms with Crippen molar-refractivity contribution in [2.75, 3.05) is 17.7 Å². The lowest BCUT2D eigenvalue weighted by Gasteiger charge is -2.06. The fraction of sp³-hybridized carbons (Fsp3) is 0.0952. The molecule has 0 fully saturated rings. The third-order valence-corrected chi connectivity index (χ3v) is 3.37. The van der Waals surface area contributed by atoms with Gasteiger partial charge in [-0.15, -0.1) is 0 Å². The summed E-state index contributed by atoms with van der Waals surface area (Å²) in [7, 11) is 1.90. The molecule has 0 radical (unpaired) electrons. The monoisotopic (exact) mass is 334 g/mol. The first kappa shape index (κ1) is 18.1. The number of nitrogens with one attached hydrogen (secondary N) is 2. The molecule has 0 saturated heterocycles. The lowest BCUT2D eigenvalue weighted by molar-refractivity contribution is -0.105. The fourth-order valence-corrected chi connectivity index (χ4v) is 2.12. The Morgan fingerprint density at radius 1 is 0.800 bits per heavy atom. The van der Waals surface area contributed by atoms with E-state index in [9.17, 15) is 4.79 Å². The number of hydrogen-bond acceptors (Lipinski definition) is 3. The Hall–Kier alpha value is -3.27. The van der Waals surface area contributed by atoms with E-state index < -0.39 is 0 Å². The number of amides is 1. The molecule has 0 aliphatic carbocycles. The molecule has 25 heavy (non-hydrogen) atoms. The van der Waals surface area contributed by atoms with E-state index in [1.807, 2.05) is 92.8 Å². The van der Waals surface area contributed by atoms with Crippen molar-refractivity contribution in [2.24, 2.45) is 0 Å². The lowest BCUT2D eigenvalue weighted by atomic mass is 10.2. The molecule has 4 nitrogen and oxygen atoms in total. The number of carbonyl (C=O) groups excluding carboxylic acids is 1. The summed E-state index contributed by atoms with van der Waals surface area (Å²) in [6.07, 6.45) is 0.675. The van der Waals surface area contributed by atoms with Crippen LogP contribution in [0.5, 0.6) is 11.5 Å². The van der Waals surface area contributed by atoms with Crippen molar-refractivity contribution in [1.29, 1.82) is 0 Å². The van der Waals surface area contributed by atoms with E-state index >= 15 is 0 Å². The average molecular weight is 334 g/mol. The summed E-state index contributed by atoms with van der Waals surface area (Å²) in [6, 6.07) is 25.3. The lowest BCUT2D eigenvalue weighted by Crippen LogP contribution is -1.92. The molecule has 0 saturated carbocycles. The highest BCUT2D eigenvalue weighted by Gasteiger charge is 1.95. The summed E-state index contributed by atoms with van der Waals surface area (Å²) in [4.78, 5) is 9.97. The number of benzene rings is 3. The second kappa shape index (κ2) is 9.78. The highest BCUT2D eigenvalue weighted by molar-refractivity contribution is 5.71. The van der Waals surface area contributed by atoms with Gasteiger partial charge in [-0.1, -0.05) is 30.3 Å². The van der Waals surface area contributed by atoms with Crippen LogP contribution in [0.4, 0.5) is 11.4 Å². The van der Waals surface area contributed by atoms with Crippen LogP contribution in [0.3, 0.4) is 0 Å². The number of rotatable bonds is 5. The predicted octanol–water partition coefficient (Wildman–Crippen LogP) is 5.08. The third kappa shape index (κ3) is 6.39. The number of hydrogen-bond donors (Lipinski definition) is 2. The van der Waals surface area contributed by atoms with Gasteiger partial charge in [0.05, 0.1) is 0 Å². The smallest absolute Gasteiger partial charge is 0.211 e. The predicted molar refractivity (Wildman–Crippen MR) is 103 cm³/mol. The molecule has 0 aliphatic heterocycles. The number of anilines is 2. The van der Waals surface area contributed by atoms with Crippen LogP contribution >= 0.6 is 0 Å². The SMILES string of the molecule is CNc1ccc(Oc2ccccc2)cc1.Cc1cccc(NC=O)c1. The first-order valence-corrected chi connectivity index (χ1v) is 7.99.